The summed E-state index contributed by atoms with van der Waals surface area (Å²) in [5.74, 6) is -0.577. The van der Waals surface area contributed by atoms with Crippen LogP contribution < -0.4 is 0 Å². The van der Waals surface area contributed by atoms with Gasteiger partial charge in [0.25, 0.3) is 5.91 Å². The van der Waals surface area contributed by atoms with Crippen molar-refractivity contribution in [3.8, 4) is 0 Å². The fourth-order valence-electron chi connectivity index (χ4n) is 0.457. The smallest absolute Gasteiger partial charge is 0.270 e. The Balaban J connectivity index is 2.86. The second kappa shape index (κ2) is 2.27. The Bertz CT molecular complexity index is 197. The van der Waals surface area contributed by atoms with E-state index < -0.39 is 0 Å². The van der Waals surface area contributed by atoms with Gasteiger partial charge in [-0.1, -0.05) is 11.6 Å². The molecule has 1 amide bonds. The maximum atomic E-state index is 10.6. The van der Waals surface area contributed by atoms with Gasteiger partial charge >= 0.3 is 0 Å². The first-order valence-electron chi connectivity index (χ1n) is 2.52. The van der Waals surface area contributed by atoms with Gasteiger partial charge in [-0.3, -0.25) is 4.79 Å². The topological polar surface area (TPSA) is 41.8 Å². The molecule has 0 aliphatic carbocycles. The number of carbonyl (C=O) groups excluding carboxylic acids is 1. The first kappa shape index (κ1) is 6.42. The lowest BCUT2D eigenvalue weighted by atomic mass is 10.1. The molecule has 1 aliphatic rings. The standard InChI is InChI=1S/C5H5ClN2O/c1-3-4(6)2-7-8-5(3)9/h2-3H,1H3/t3-/m0/s1. The van der Waals surface area contributed by atoms with E-state index in [1.165, 1.54) is 6.20 Å². The van der Waals surface area contributed by atoms with Crippen LogP contribution in [-0.4, -0.2) is 5.91 Å². The van der Waals surface area contributed by atoms with Crippen molar-refractivity contribution in [3.05, 3.63) is 11.2 Å². The molecule has 0 unspecified atom stereocenters. The summed E-state index contributed by atoms with van der Waals surface area (Å²) >= 11 is 5.55. The van der Waals surface area contributed by atoms with E-state index in [0.29, 0.717) is 5.03 Å². The average Bonchev–Trinajstić information content (AvgIpc) is 1.83. The predicted molar refractivity (Wildman–Crippen MR) is 33.0 cm³/mol. The molecule has 1 heterocycles. The summed E-state index contributed by atoms with van der Waals surface area (Å²) in [6.45, 7) is 1.69. The van der Waals surface area contributed by atoms with Crippen molar-refractivity contribution in [2.24, 2.45) is 16.1 Å². The number of nitrogens with zero attached hydrogens (tertiary/aromatic N) is 2. The molecule has 0 radical (unpaired) electrons. The summed E-state index contributed by atoms with van der Waals surface area (Å²) in [4.78, 5) is 10.6. The largest absolute Gasteiger partial charge is 0.272 e. The lowest BCUT2D eigenvalue weighted by Crippen LogP contribution is -2.09. The van der Waals surface area contributed by atoms with Gasteiger partial charge in [-0.2, -0.15) is 5.11 Å². The molecule has 1 aliphatic heterocycles. The van der Waals surface area contributed by atoms with Gasteiger partial charge in [-0.15, -0.1) is 5.11 Å². The summed E-state index contributed by atoms with van der Waals surface area (Å²) in [6.07, 6.45) is 1.38. The highest BCUT2D eigenvalue weighted by Crippen LogP contribution is 2.19. The van der Waals surface area contributed by atoms with E-state index in [4.69, 9.17) is 11.6 Å². The van der Waals surface area contributed by atoms with E-state index in [1.807, 2.05) is 0 Å². The van der Waals surface area contributed by atoms with Crippen LogP contribution in [0.4, 0.5) is 0 Å². The zero-order chi connectivity index (χ0) is 6.85. The first-order chi connectivity index (χ1) is 4.22. The molecular formula is C5H5ClN2O. The lowest BCUT2D eigenvalue weighted by molar-refractivity contribution is -0.120. The highest BCUT2D eigenvalue weighted by atomic mass is 35.5. The van der Waals surface area contributed by atoms with Crippen LogP contribution in [0.25, 0.3) is 0 Å². The van der Waals surface area contributed by atoms with E-state index in [9.17, 15) is 4.79 Å². The van der Waals surface area contributed by atoms with Crippen LogP contribution in [0, 0.1) is 5.92 Å². The van der Waals surface area contributed by atoms with Gasteiger partial charge in [0.2, 0.25) is 0 Å². The van der Waals surface area contributed by atoms with Crippen LogP contribution in [0.3, 0.4) is 0 Å². The van der Waals surface area contributed by atoms with Crippen LogP contribution in [0.1, 0.15) is 6.92 Å². The van der Waals surface area contributed by atoms with E-state index in [2.05, 4.69) is 10.2 Å². The number of halogens is 1. The van der Waals surface area contributed by atoms with Crippen molar-refractivity contribution >= 4 is 17.5 Å². The van der Waals surface area contributed by atoms with Gasteiger partial charge in [-0.25, -0.2) is 0 Å². The minimum absolute atomic E-state index is 0.275. The Morgan fingerprint density at radius 1 is 1.78 bits per heavy atom. The molecule has 0 spiro atoms. The quantitative estimate of drug-likeness (QED) is 0.510. The fraction of sp³-hybridized carbons (Fsp3) is 0.400. The minimum atomic E-state index is -0.302. The van der Waals surface area contributed by atoms with E-state index >= 15 is 0 Å². The van der Waals surface area contributed by atoms with Crippen molar-refractivity contribution in [2.45, 2.75) is 6.92 Å². The molecule has 1 atom stereocenters. The van der Waals surface area contributed by atoms with Crippen LogP contribution in [0.15, 0.2) is 21.5 Å². The summed E-state index contributed by atoms with van der Waals surface area (Å²) < 4.78 is 0. The Morgan fingerprint density at radius 3 is 2.89 bits per heavy atom. The third kappa shape index (κ3) is 1.16. The predicted octanol–water partition coefficient (Wildman–Crippen LogP) is 1.70. The number of carbonyl (C=O) groups is 1. The third-order valence-electron chi connectivity index (χ3n) is 1.12. The molecule has 4 heteroatoms. The van der Waals surface area contributed by atoms with Crippen molar-refractivity contribution in [1.82, 2.24) is 0 Å². The molecule has 0 bridgehead atoms. The second-order valence-electron chi connectivity index (χ2n) is 1.79. The number of amides is 1. The van der Waals surface area contributed by atoms with Crippen LogP contribution >= 0.6 is 11.6 Å². The Kier molecular flexibility index (Phi) is 1.62. The molecule has 0 saturated heterocycles. The van der Waals surface area contributed by atoms with Gasteiger partial charge in [-0.05, 0) is 6.92 Å². The molecule has 0 N–H and O–H groups in total. The maximum absolute atomic E-state index is 10.6. The molecule has 1 rings (SSSR count). The molecule has 0 aromatic heterocycles. The highest BCUT2D eigenvalue weighted by molar-refractivity contribution is 6.31. The number of rotatable bonds is 0. The Hall–Kier alpha value is -0.700. The summed E-state index contributed by atoms with van der Waals surface area (Å²) in [5, 5.41) is 7.11. The van der Waals surface area contributed by atoms with Crippen LogP contribution in [0.5, 0.6) is 0 Å². The molecule has 9 heavy (non-hydrogen) atoms. The summed E-state index contributed by atoms with van der Waals surface area (Å²) in [6, 6.07) is 0. The molecular weight excluding hydrogens is 140 g/mol. The van der Waals surface area contributed by atoms with Crippen LogP contribution in [0.2, 0.25) is 0 Å². The Morgan fingerprint density at radius 2 is 2.44 bits per heavy atom. The van der Waals surface area contributed by atoms with Gasteiger partial charge in [0.1, 0.15) is 0 Å². The van der Waals surface area contributed by atoms with Crippen molar-refractivity contribution < 1.29 is 4.79 Å². The van der Waals surface area contributed by atoms with E-state index in [1.54, 1.807) is 6.92 Å². The molecule has 48 valence electrons. The first-order valence-corrected chi connectivity index (χ1v) is 2.90. The van der Waals surface area contributed by atoms with Crippen LogP contribution in [-0.2, 0) is 4.79 Å². The highest BCUT2D eigenvalue weighted by Gasteiger charge is 2.18. The lowest BCUT2D eigenvalue weighted by Gasteiger charge is -2.05. The number of azo groups is 1. The fourth-order valence-corrected chi connectivity index (χ4v) is 0.594. The van der Waals surface area contributed by atoms with Crippen molar-refractivity contribution in [3.63, 3.8) is 0 Å². The van der Waals surface area contributed by atoms with E-state index in [0.717, 1.165) is 0 Å². The zero-order valence-electron chi connectivity index (χ0n) is 4.84. The van der Waals surface area contributed by atoms with Crippen molar-refractivity contribution in [1.29, 1.82) is 0 Å². The maximum Gasteiger partial charge on any atom is 0.272 e. The molecule has 0 aromatic rings. The SMILES string of the molecule is C[C@@H]1C(=O)N=NC=C1Cl. The molecule has 0 aromatic carbocycles. The number of hydrogen-bond acceptors (Lipinski definition) is 2. The van der Waals surface area contributed by atoms with Gasteiger partial charge in [0, 0.05) is 0 Å². The molecule has 0 saturated carbocycles. The molecule has 3 nitrogen and oxygen atoms in total. The Labute approximate surface area is 57.4 Å². The minimum Gasteiger partial charge on any atom is -0.270 e. The van der Waals surface area contributed by atoms with Crippen molar-refractivity contribution in [2.75, 3.05) is 0 Å². The molecule has 0 fully saturated rings. The second-order valence-corrected chi connectivity index (χ2v) is 2.23. The normalized spacial score (nSPS) is 26.2. The van der Waals surface area contributed by atoms with Gasteiger partial charge in [0.05, 0.1) is 17.2 Å². The number of hydrogen-bond donors (Lipinski definition) is 0. The van der Waals surface area contributed by atoms with Gasteiger partial charge in [0.15, 0.2) is 0 Å². The van der Waals surface area contributed by atoms with Gasteiger partial charge < -0.3 is 0 Å². The monoisotopic (exact) mass is 144 g/mol. The third-order valence-corrected chi connectivity index (χ3v) is 1.55. The zero-order valence-corrected chi connectivity index (χ0v) is 5.59. The van der Waals surface area contributed by atoms with E-state index in [-0.39, 0.29) is 11.8 Å². The summed E-state index contributed by atoms with van der Waals surface area (Å²) in [7, 11) is 0. The summed E-state index contributed by atoms with van der Waals surface area (Å²) in [5.41, 5.74) is 0. The average molecular weight is 145 g/mol.